The van der Waals surface area contributed by atoms with Gasteiger partial charge in [-0.1, -0.05) is 37.2 Å². The second kappa shape index (κ2) is 11.1. The van der Waals surface area contributed by atoms with E-state index in [1.54, 1.807) is 35.9 Å². The first-order chi connectivity index (χ1) is 16.2. The highest BCUT2D eigenvalue weighted by atomic mass is 35.5. The summed E-state index contributed by atoms with van der Waals surface area (Å²) < 4.78 is 1.75. The molecule has 0 saturated carbocycles. The summed E-state index contributed by atoms with van der Waals surface area (Å²) in [6, 6.07) is 11.8. The maximum Gasteiger partial charge on any atom is 0.269 e. The molecular formula is C22H23ClN6O4S. The smallest absolute Gasteiger partial charge is 0.269 e. The van der Waals surface area contributed by atoms with E-state index in [1.165, 1.54) is 36.0 Å². The lowest BCUT2D eigenvalue weighted by atomic mass is 10.0. The number of hydrogen-bond donors (Lipinski definition) is 2. The van der Waals surface area contributed by atoms with Gasteiger partial charge in [-0.15, -0.1) is 10.2 Å². The number of thioether (sulfide) groups is 1. The Labute approximate surface area is 205 Å². The molecule has 0 saturated heterocycles. The van der Waals surface area contributed by atoms with Crippen LogP contribution < -0.4 is 10.6 Å². The maximum absolute atomic E-state index is 12.7. The van der Waals surface area contributed by atoms with E-state index < -0.39 is 11.0 Å². The lowest BCUT2D eigenvalue weighted by Gasteiger charge is -2.21. The number of carbonyl (C=O) groups excluding carboxylic acids is 2. The highest BCUT2D eigenvalue weighted by Gasteiger charge is 2.25. The molecule has 1 heterocycles. The summed E-state index contributed by atoms with van der Waals surface area (Å²) >= 11 is 7.09. The van der Waals surface area contributed by atoms with E-state index in [4.69, 9.17) is 11.6 Å². The average Bonchev–Trinajstić information content (AvgIpc) is 3.16. The summed E-state index contributed by atoms with van der Waals surface area (Å²) in [6.45, 7) is 3.93. The van der Waals surface area contributed by atoms with Crippen molar-refractivity contribution in [2.24, 2.45) is 13.0 Å². The zero-order chi connectivity index (χ0) is 24.8. The topological polar surface area (TPSA) is 132 Å². The Morgan fingerprint density at radius 2 is 1.76 bits per heavy atom. The predicted molar refractivity (Wildman–Crippen MR) is 130 cm³/mol. The van der Waals surface area contributed by atoms with Gasteiger partial charge in [-0.2, -0.15) is 0 Å². The van der Waals surface area contributed by atoms with Gasteiger partial charge in [-0.3, -0.25) is 19.7 Å². The summed E-state index contributed by atoms with van der Waals surface area (Å²) in [7, 11) is 1.77. The number of carbonyl (C=O) groups is 2. The molecule has 0 spiro atoms. The molecule has 34 heavy (non-hydrogen) atoms. The number of nitrogens with zero attached hydrogens (tertiary/aromatic N) is 4. The molecule has 178 valence electrons. The first-order valence-corrected chi connectivity index (χ1v) is 11.6. The van der Waals surface area contributed by atoms with Crippen molar-refractivity contribution in [3.63, 3.8) is 0 Å². The Morgan fingerprint density at radius 1 is 1.12 bits per heavy atom. The summed E-state index contributed by atoms with van der Waals surface area (Å²) in [5.74, 6) is 0.111. The van der Waals surface area contributed by atoms with Crippen molar-refractivity contribution < 1.29 is 14.5 Å². The number of anilines is 1. The summed E-state index contributed by atoms with van der Waals surface area (Å²) in [5, 5.41) is 25.9. The van der Waals surface area contributed by atoms with Gasteiger partial charge in [0.05, 0.1) is 16.7 Å². The third-order valence-electron chi connectivity index (χ3n) is 4.90. The van der Waals surface area contributed by atoms with Gasteiger partial charge in [-0.25, -0.2) is 0 Å². The van der Waals surface area contributed by atoms with Crippen LogP contribution in [0.3, 0.4) is 0 Å². The van der Waals surface area contributed by atoms with Crippen molar-refractivity contribution in [1.82, 2.24) is 20.1 Å². The van der Waals surface area contributed by atoms with Gasteiger partial charge in [0.25, 0.3) is 11.6 Å². The van der Waals surface area contributed by atoms with E-state index in [0.29, 0.717) is 27.3 Å². The number of nitrogens with one attached hydrogen (secondary N) is 2. The van der Waals surface area contributed by atoms with Crippen LogP contribution >= 0.6 is 23.4 Å². The molecule has 0 aliphatic heterocycles. The molecule has 1 aromatic heterocycles. The van der Waals surface area contributed by atoms with Crippen LogP contribution in [-0.2, 0) is 11.8 Å². The zero-order valence-electron chi connectivity index (χ0n) is 18.7. The van der Waals surface area contributed by atoms with Gasteiger partial charge in [0.15, 0.2) is 11.0 Å². The van der Waals surface area contributed by atoms with Gasteiger partial charge >= 0.3 is 0 Å². The second-order valence-electron chi connectivity index (χ2n) is 7.74. The molecule has 1 atom stereocenters. The fourth-order valence-electron chi connectivity index (χ4n) is 3.07. The fourth-order valence-corrected chi connectivity index (χ4v) is 3.92. The van der Waals surface area contributed by atoms with Crippen LogP contribution in [0.2, 0.25) is 5.02 Å². The molecule has 0 aliphatic rings. The average molecular weight is 503 g/mol. The zero-order valence-corrected chi connectivity index (χ0v) is 20.3. The number of rotatable bonds is 9. The van der Waals surface area contributed by atoms with Crippen LogP contribution in [0, 0.1) is 16.0 Å². The largest absolute Gasteiger partial charge is 0.342 e. The van der Waals surface area contributed by atoms with Crippen LogP contribution in [0.5, 0.6) is 0 Å². The lowest BCUT2D eigenvalue weighted by molar-refractivity contribution is -0.384. The molecule has 0 aliphatic carbocycles. The molecule has 2 N–H and O–H groups in total. The van der Waals surface area contributed by atoms with Gasteiger partial charge in [-0.05, 0) is 42.3 Å². The molecule has 2 amide bonds. The van der Waals surface area contributed by atoms with Crippen molar-refractivity contribution in [3.05, 3.63) is 75.1 Å². The molecule has 0 bridgehead atoms. The van der Waals surface area contributed by atoms with Crippen molar-refractivity contribution in [2.45, 2.75) is 25.0 Å². The van der Waals surface area contributed by atoms with Gasteiger partial charge in [0.2, 0.25) is 5.91 Å². The van der Waals surface area contributed by atoms with E-state index in [-0.39, 0.29) is 29.2 Å². The van der Waals surface area contributed by atoms with E-state index in [1.807, 2.05) is 13.8 Å². The van der Waals surface area contributed by atoms with Crippen LogP contribution in [0.15, 0.2) is 53.7 Å². The van der Waals surface area contributed by atoms with Crippen LogP contribution in [0.4, 0.5) is 11.4 Å². The highest BCUT2D eigenvalue weighted by molar-refractivity contribution is 7.99. The Morgan fingerprint density at radius 3 is 2.35 bits per heavy atom. The van der Waals surface area contributed by atoms with E-state index in [0.717, 1.165) is 0 Å². The number of hydrogen-bond acceptors (Lipinski definition) is 7. The number of halogens is 1. The highest BCUT2D eigenvalue weighted by Crippen LogP contribution is 2.25. The minimum atomic E-state index is -0.505. The molecule has 0 radical (unpaired) electrons. The van der Waals surface area contributed by atoms with Crippen LogP contribution in [0.1, 0.15) is 36.1 Å². The quantitative estimate of drug-likeness (QED) is 0.254. The van der Waals surface area contributed by atoms with Crippen molar-refractivity contribution in [1.29, 1.82) is 0 Å². The normalized spacial score (nSPS) is 11.8. The molecule has 10 nitrogen and oxygen atoms in total. The number of non-ortho nitro benzene ring substituents is 1. The fraction of sp³-hybridized carbons (Fsp3) is 0.273. The van der Waals surface area contributed by atoms with Gasteiger partial charge in [0, 0.05) is 35.5 Å². The monoisotopic (exact) mass is 502 g/mol. The van der Waals surface area contributed by atoms with E-state index in [9.17, 15) is 19.7 Å². The minimum Gasteiger partial charge on any atom is -0.342 e. The third-order valence-corrected chi connectivity index (χ3v) is 6.17. The Balaban J connectivity index is 1.63. The first kappa shape index (κ1) is 25.2. The molecular weight excluding hydrogens is 480 g/mol. The van der Waals surface area contributed by atoms with Gasteiger partial charge in [0.1, 0.15) is 0 Å². The van der Waals surface area contributed by atoms with Crippen molar-refractivity contribution >= 4 is 46.6 Å². The molecule has 2 aromatic carbocycles. The predicted octanol–water partition coefficient (Wildman–Crippen LogP) is 4.23. The lowest BCUT2D eigenvalue weighted by Crippen LogP contribution is -2.33. The van der Waals surface area contributed by atoms with Crippen molar-refractivity contribution in [3.8, 4) is 0 Å². The molecule has 0 unspecified atom stereocenters. The van der Waals surface area contributed by atoms with Gasteiger partial charge < -0.3 is 15.2 Å². The summed E-state index contributed by atoms with van der Waals surface area (Å²) in [4.78, 5) is 35.2. The molecule has 0 fully saturated rings. The SMILES string of the molecule is CC(C)[C@@H](NC(=O)c1ccc(Cl)cc1)c1nnc(SCC(=O)Nc2ccc([N+](=O)[O-])cc2)n1C. The standard InChI is InChI=1S/C22H23ClN6O4S/c1-13(2)19(25-21(31)14-4-6-15(23)7-5-14)20-26-27-22(28(20)3)34-12-18(30)24-16-8-10-17(11-9-16)29(32)33/h4-11,13,19H,12H2,1-3H3,(H,24,30)(H,25,31)/t19-/m1/s1. The molecule has 3 rings (SSSR count). The Kier molecular flexibility index (Phi) is 8.24. The van der Waals surface area contributed by atoms with E-state index in [2.05, 4.69) is 20.8 Å². The Hall–Kier alpha value is -3.44. The number of nitro groups is 1. The van der Waals surface area contributed by atoms with E-state index >= 15 is 0 Å². The number of benzene rings is 2. The second-order valence-corrected chi connectivity index (χ2v) is 9.12. The maximum atomic E-state index is 12.7. The van der Waals surface area contributed by atoms with Crippen LogP contribution in [0.25, 0.3) is 0 Å². The Bertz CT molecular complexity index is 1180. The molecule has 3 aromatic rings. The number of amides is 2. The third kappa shape index (κ3) is 6.33. The summed E-state index contributed by atoms with van der Waals surface area (Å²) in [6.07, 6.45) is 0. The molecule has 12 heteroatoms. The van der Waals surface area contributed by atoms with Crippen LogP contribution in [-0.4, -0.2) is 37.3 Å². The first-order valence-electron chi connectivity index (χ1n) is 10.3. The van der Waals surface area contributed by atoms with Crippen molar-refractivity contribution in [2.75, 3.05) is 11.1 Å². The number of aromatic nitrogens is 3. The summed E-state index contributed by atoms with van der Waals surface area (Å²) in [5.41, 5.74) is 0.885. The number of nitro benzene ring substituents is 1. The minimum absolute atomic E-state index is 0.0300.